The average Bonchev–Trinajstić information content (AvgIpc) is 2.40. The summed E-state index contributed by atoms with van der Waals surface area (Å²) >= 11 is 6.81. The van der Waals surface area contributed by atoms with E-state index in [4.69, 9.17) is 27.0 Å². The summed E-state index contributed by atoms with van der Waals surface area (Å²) in [6.07, 6.45) is 0. The summed E-state index contributed by atoms with van der Waals surface area (Å²) in [5, 5.41) is 0. The maximum atomic E-state index is 6.81. The summed E-state index contributed by atoms with van der Waals surface area (Å²) in [4.78, 5) is 0. The molecular formula is C13H8Cl2OS2. The van der Waals surface area contributed by atoms with E-state index in [0.717, 1.165) is 32.6 Å². The molecule has 5 heteroatoms. The summed E-state index contributed by atoms with van der Waals surface area (Å²) in [5.41, 5.74) is 1.87. The van der Waals surface area contributed by atoms with Crippen LogP contribution in [0.15, 0.2) is 48.5 Å². The molecule has 2 aromatic rings. The Balaban J connectivity index is 2.24. The van der Waals surface area contributed by atoms with Gasteiger partial charge in [-0.2, -0.15) is 0 Å². The fourth-order valence-electron chi connectivity index (χ4n) is 2.04. The molecule has 1 aliphatic heterocycles. The van der Waals surface area contributed by atoms with Crippen molar-refractivity contribution in [2.45, 2.75) is 4.21 Å². The van der Waals surface area contributed by atoms with Crippen LogP contribution in [0.4, 0.5) is 0 Å². The molecule has 0 fully saturated rings. The van der Waals surface area contributed by atoms with Crippen molar-refractivity contribution in [2.24, 2.45) is 0 Å². The van der Waals surface area contributed by atoms with Crippen molar-refractivity contribution in [3.05, 3.63) is 59.7 Å². The molecule has 0 spiro atoms. The van der Waals surface area contributed by atoms with E-state index in [2.05, 4.69) is 0 Å². The predicted molar refractivity (Wildman–Crippen MR) is 80.6 cm³/mol. The Kier molecular flexibility index (Phi) is 3.41. The number of rotatable bonds is 2. The van der Waals surface area contributed by atoms with Gasteiger partial charge in [0.05, 0.1) is 0 Å². The smallest absolute Gasteiger partial charge is 0.158 e. The molecule has 0 N–H and O–H groups in total. The van der Waals surface area contributed by atoms with Gasteiger partial charge in [0, 0.05) is 21.1 Å². The van der Waals surface area contributed by atoms with E-state index in [1.54, 1.807) is 0 Å². The number of ether oxygens (including phenoxy) is 1. The van der Waals surface area contributed by atoms with Gasteiger partial charge >= 0.3 is 0 Å². The van der Waals surface area contributed by atoms with Crippen molar-refractivity contribution in [1.29, 1.82) is 0 Å². The maximum absolute atomic E-state index is 6.81. The van der Waals surface area contributed by atoms with E-state index in [0.29, 0.717) is 0 Å². The van der Waals surface area contributed by atoms with E-state index in [-0.39, 0.29) is 0 Å². The Morgan fingerprint density at radius 3 is 1.89 bits per heavy atom. The number of fused-ring (bicyclic) bond motifs is 2. The second-order valence-electron chi connectivity index (χ2n) is 3.84. The molecular weight excluding hydrogens is 307 g/mol. The van der Waals surface area contributed by atoms with Crippen LogP contribution in [0, 0.1) is 0 Å². The van der Waals surface area contributed by atoms with Crippen LogP contribution in [-0.4, -0.2) is 0 Å². The molecule has 0 saturated heterocycles. The topological polar surface area (TPSA) is 9.23 Å². The normalized spacial score (nSPS) is 15.4. The Labute approximate surface area is 123 Å². The third-order valence-electron chi connectivity index (χ3n) is 2.83. The van der Waals surface area contributed by atoms with Gasteiger partial charge in [0.15, 0.2) is 4.21 Å². The number of para-hydroxylation sites is 2. The van der Waals surface area contributed by atoms with Crippen LogP contribution in [0.25, 0.3) is 0 Å². The number of halogens is 2. The lowest BCUT2D eigenvalue weighted by Gasteiger charge is -2.33. The van der Waals surface area contributed by atoms with E-state index < -0.39 is 4.21 Å². The molecule has 1 nitrogen and oxygen atoms in total. The van der Waals surface area contributed by atoms with Gasteiger partial charge in [-0.25, -0.2) is 0 Å². The fourth-order valence-corrected chi connectivity index (χ4v) is 5.18. The van der Waals surface area contributed by atoms with E-state index in [1.165, 1.54) is 10.8 Å². The molecule has 1 heterocycles. The van der Waals surface area contributed by atoms with Gasteiger partial charge in [-0.1, -0.05) is 48.0 Å². The zero-order valence-corrected chi connectivity index (χ0v) is 12.2. The van der Waals surface area contributed by atoms with Crippen LogP contribution in [0.3, 0.4) is 0 Å². The fraction of sp³-hybridized carbons (Fsp3) is 0.0769. The third kappa shape index (κ3) is 1.90. The van der Waals surface area contributed by atoms with Crippen LogP contribution in [0.1, 0.15) is 11.1 Å². The van der Waals surface area contributed by atoms with E-state index in [9.17, 15) is 0 Å². The first-order chi connectivity index (χ1) is 8.75. The second kappa shape index (κ2) is 4.89. The van der Waals surface area contributed by atoms with Gasteiger partial charge in [0.25, 0.3) is 0 Å². The molecule has 0 aliphatic carbocycles. The third-order valence-corrected chi connectivity index (χ3v) is 5.98. The number of alkyl halides is 1. The van der Waals surface area contributed by atoms with Crippen LogP contribution in [0.2, 0.25) is 0 Å². The maximum Gasteiger partial charge on any atom is 0.158 e. The molecule has 18 heavy (non-hydrogen) atoms. The van der Waals surface area contributed by atoms with Gasteiger partial charge in [0.2, 0.25) is 0 Å². The van der Waals surface area contributed by atoms with Gasteiger partial charge in [0.1, 0.15) is 11.5 Å². The Hall–Kier alpha value is -0.480. The minimum Gasteiger partial charge on any atom is -0.457 e. The second-order valence-corrected chi connectivity index (χ2v) is 7.54. The van der Waals surface area contributed by atoms with Crippen molar-refractivity contribution in [3.8, 4) is 11.5 Å². The SMILES string of the molecule is ClSSC1(Cl)c2ccccc2Oc2ccccc21. The molecule has 0 unspecified atom stereocenters. The molecule has 0 amide bonds. The van der Waals surface area contributed by atoms with Crippen molar-refractivity contribution in [1.82, 2.24) is 0 Å². The average molecular weight is 315 g/mol. The first kappa shape index (κ1) is 12.5. The monoisotopic (exact) mass is 314 g/mol. The molecule has 0 bridgehead atoms. The number of benzene rings is 2. The minimum absolute atomic E-state index is 0.710. The zero-order valence-electron chi connectivity index (χ0n) is 9.10. The van der Waals surface area contributed by atoms with Crippen molar-refractivity contribution < 1.29 is 4.74 Å². The molecule has 92 valence electrons. The lowest BCUT2D eigenvalue weighted by molar-refractivity contribution is 0.454. The Bertz CT molecular complexity index is 543. The summed E-state index contributed by atoms with van der Waals surface area (Å²) in [7, 11) is 8.35. The lowest BCUT2D eigenvalue weighted by Crippen LogP contribution is -2.20. The highest BCUT2D eigenvalue weighted by Gasteiger charge is 2.41. The van der Waals surface area contributed by atoms with Crippen molar-refractivity contribution >= 4 is 43.1 Å². The van der Waals surface area contributed by atoms with E-state index >= 15 is 0 Å². The van der Waals surface area contributed by atoms with Gasteiger partial charge in [-0.3, -0.25) is 0 Å². The number of hydrogen-bond donors (Lipinski definition) is 0. The van der Waals surface area contributed by atoms with Crippen LogP contribution in [-0.2, 0) is 4.21 Å². The first-order valence-corrected chi connectivity index (χ1v) is 8.63. The van der Waals surface area contributed by atoms with Crippen molar-refractivity contribution in [3.63, 3.8) is 0 Å². The summed E-state index contributed by atoms with van der Waals surface area (Å²) in [6, 6.07) is 15.5. The van der Waals surface area contributed by atoms with Gasteiger partial charge in [-0.15, -0.1) is 0 Å². The van der Waals surface area contributed by atoms with Crippen LogP contribution < -0.4 is 4.74 Å². The highest BCUT2D eigenvalue weighted by atomic mass is 35.7. The highest BCUT2D eigenvalue weighted by molar-refractivity contribution is 8.85. The first-order valence-electron chi connectivity index (χ1n) is 5.28. The zero-order chi connectivity index (χ0) is 12.6. The molecule has 0 radical (unpaired) electrons. The molecule has 0 saturated carbocycles. The number of hydrogen-bond acceptors (Lipinski definition) is 3. The van der Waals surface area contributed by atoms with Crippen LogP contribution >= 0.6 is 43.1 Å². The van der Waals surface area contributed by atoms with Gasteiger partial charge in [-0.05, 0) is 33.6 Å². The van der Waals surface area contributed by atoms with Crippen LogP contribution in [0.5, 0.6) is 11.5 Å². The molecule has 3 rings (SSSR count). The molecule has 0 aromatic heterocycles. The van der Waals surface area contributed by atoms with E-state index in [1.807, 2.05) is 48.5 Å². The Morgan fingerprint density at radius 1 is 0.889 bits per heavy atom. The minimum atomic E-state index is -0.710. The predicted octanol–water partition coefficient (Wildman–Crippen LogP) is 5.77. The van der Waals surface area contributed by atoms with Gasteiger partial charge < -0.3 is 4.74 Å². The summed E-state index contributed by atoms with van der Waals surface area (Å²) < 4.78 is 5.16. The van der Waals surface area contributed by atoms with Crippen molar-refractivity contribution in [2.75, 3.05) is 0 Å². The lowest BCUT2D eigenvalue weighted by atomic mass is 9.99. The summed E-state index contributed by atoms with van der Waals surface area (Å²) in [5.74, 6) is 1.56. The molecule has 2 aromatic carbocycles. The standard InChI is InChI=1S/C13H8Cl2OS2/c14-13(17-18-15)9-5-1-3-7-11(9)16-12-8-4-2-6-10(12)13/h1-8H. The molecule has 0 atom stereocenters. The largest absolute Gasteiger partial charge is 0.457 e. The quantitative estimate of drug-likeness (QED) is 0.514. The summed E-state index contributed by atoms with van der Waals surface area (Å²) in [6.45, 7) is 0. The highest BCUT2D eigenvalue weighted by Crippen LogP contribution is 2.60. The Morgan fingerprint density at radius 2 is 1.39 bits per heavy atom. The molecule has 1 aliphatic rings.